The van der Waals surface area contributed by atoms with Crippen molar-refractivity contribution in [2.45, 2.75) is 25.7 Å². The zero-order valence-electron chi connectivity index (χ0n) is 12.7. The zero-order chi connectivity index (χ0) is 15.8. The average molecular weight is 346 g/mol. The number of aliphatic imine (C=N–C) groups is 1. The molecule has 3 heterocycles. The summed E-state index contributed by atoms with van der Waals surface area (Å²) in [7, 11) is 0. The number of anilines is 1. The molecule has 1 fully saturated rings. The second-order valence-corrected chi connectivity index (χ2v) is 6.84. The van der Waals surface area contributed by atoms with Crippen LogP contribution >= 0.6 is 23.2 Å². The lowest BCUT2D eigenvalue weighted by atomic mass is 10.0. The second-order valence-electron chi connectivity index (χ2n) is 6.07. The van der Waals surface area contributed by atoms with Gasteiger partial charge >= 0.3 is 0 Å². The van der Waals surface area contributed by atoms with Crippen molar-refractivity contribution in [3.8, 4) is 0 Å². The van der Waals surface area contributed by atoms with Crippen LogP contribution in [-0.2, 0) is 6.42 Å². The minimum atomic E-state index is 0.316. The van der Waals surface area contributed by atoms with Crippen LogP contribution in [0.15, 0.2) is 35.3 Å². The van der Waals surface area contributed by atoms with Crippen molar-refractivity contribution in [3.63, 3.8) is 0 Å². The molecule has 23 heavy (non-hydrogen) atoms. The quantitative estimate of drug-likeness (QED) is 0.712. The Balaban J connectivity index is 1.56. The van der Waals surface area contributed by atoms with Gasteiger partial charge in [0.1, 0.15) is 5.15 Å². The Hall–Kier alpha value is -1.58. The van der Waals surface area contributed by atoms with Crippen molar-refractivity contribution in [1.82, 2.24) is 4.98 Å². The predicted octanol–water partition coefficient (Wildman–Crippen LogP) is 5.06. The molecule has 4 rings (SSSR count). The first-order chi connectivity index (χ1) is 11.2. The lowest BCUT2D eigenvalue weighted by Gasteiger charge is -2.28. The summed E-state index contributed by atoms with van der Waals surface area (Å²) in [6.07, 6.45) is 4.68. The summed E-state index contributed by atoms with van der Waals surface area (Å²) in [6.45, 7) is 2.32. The van der Waals surface area contributed by atoms with Gasteiger partial charge in [-0.3, -0.25) is 0 Å². The number of rotatable bonds is 2. The molecule has 118 valence electrons. The van der Waals surface area contributed by atoms with Crippen molar-refractivity contribution < 1.29 is 0 Å². The molecule has 0 saturated carbocycles. The summed E-state index contributed by atoms with van der Waals surface area (Å²) < 4.78 is 0. The summed E-state index contributed by atoms with van der Waals surface area (Å²) in [5, 5.41) is 0.804. The molecule has 0 radical (unpaired) electrons. The number of piperidine rings is 1. The molecule has 1 aromatic carbocycles. The zero-order valence-corrected chi connectivity index (χ0v) is 14.2. The fourth-order valence-corrected chi connectivity index (χ4v) is 3.56. The fraction of sp³-hybridized carbons (Fsp3) is 0.333. The SMILES string of the molecule is Clc1cc2c(nc1Cl)N=C(c1ccc(N3CCCCC3)cc1)C2. The number of fused-ring (bicyclic) bond motifs is 1. The summed E-state index contributed by atoms with van der Waals surface area (Å²) >= 11 is 12.0. The Morgan fingerprint density at radius 2 is 1.70 bits per heavy atom. The number of nitrogens with zero attached hydrogens (tertiary/aromatic N) is 3. The van der Waals surface area contributed by atoms with Gasteiger partial charge < -0.3 is 4.90 Å². The Morgan fingerprint density at radius 1 is 0.957 bits per heavy atom. The smallest absolute Gasteiger partial charge is 0.157 e. The summed E-state index contributed by atoms with van der Waals surface area (Å²) in [5.41, 5.74) is 4.50. The van der Waals surface area contributed by atoms with Crippen molar-refractivity contribution in [1.29, 1.82) is 0 Å². The molecule has 1 aromatic heterocycles. The van der Waals surface area contributed by atoms with Gasteiger partial charge in [-0.25, -0.2) is 9.98 Å². The van der Waals surface area contributed by atoms with Crippen LogP contribution in [0.3, 0.4) is 0 Å². The fourth-order valence-electron chi connectivity index (χ4n) is 3.25. The highest BCUT2D eigenvalue weighted by molar-refractivity contribution is 6.41. The van der Waals surface area contributed by atoms with E-state index in [0.717, 1.165) is 36.3 Å². The van der Waals surface area contributed by atoms with Gasteiger partial charge in [-0.05, 0) is 43.0 Å². The van der Waals surface area contributed by atoms with Gasteiger partial charge in [-0.1, -0.05) is 35.3 Å². The third-order valence-electron chi connectivity index (χ3n) is 4.51. The number of halogens is 2. The van der Waals surface area contributed by atoms with Gasteiger partial charge in [0, 0.05) is 30.8 Å². The van der Waals surface area contributed by atoms with Crippen LogP contribution in [0, 0.1) is 0 Å². The van der Waals surface area contributed by atoms with Crippen LogP contribution in [0.25, 0.3) is 0 Å². The first-order valence-electron chi connectivity index (χ1n) is 7.98. The van der Waals surface area contributed by atoms with E-state index in [9.17, 15) is 0 Å². The minimum absolute atomic E-state index is 0.316. The highest BCUT2D eigenvalue weighted by atomic mass is 35.5. The highest BCUT2D eigenvalue weighted by Crippen LogP contribution is 2.33. The number of benzene rings is 1. The monoisotopic (exact) mass is 345 g/mol. The minimum Gasteiger partial charge on any atom is -0.372 e. The van der Waals surface area contributed by atoms with Crippen LogP contribution in [0.1, 0.15) is 30.4 Å². The maximum absolute atomic E-state index is 6.04. The molecule has 0 bridgehead atoms. The summed E-state index contributed by atoms with van der Waals surface area (Å²) in [5.74, 6) is 0.689. The molecule has 0 atom stereocenters. The number of pyridine rings is 1. The van der Waals surface area contributed by atoms with E-state index in [0.29, 0.717) is 16.0 Å². The van der Waals surface area contributed by atoms with E-state index in [2.05, 4.69) is 39.1 Å². The Bertz CT molecular complexity index is 763. The second kappa shape index (κ2) is 6.14. The van der Waals surface area contributed by atoms with Gasteiger partial charge in [-0.2, -0.15) is 0 Å². The van der Waals surface area contributed by atoms with Gasteiger partial charge in [0.25, 0.3) is 0 Å². The van der Waals surface area contributed by atoms with Gasteiger partial charge in [-0.15, -0.1) is 0 Å². The molecule has 0 aliphatic carbocycles. The van der Waals surface area contributed by atoms with Crippen LogP contribution < -0.4 is 4.90 Å². The van der Waals surface area contributed by atoms with E-state index in [4.69, 9.17) is 23.2 Å². The summed E-state index contributed by atoms with van der Waals surface area (Å²) in [6, 6.07) is 10.6. The molecule has 5 heteroatoms. The third kappa shape index (κ3) is 2.96. The Morgan fingerprint density at radius 3 is 2.43 bits per heavy atom. The molecule has 1 saturated heterocycles. The van der Waals surface area contributed by atoms with Crippen LogP contribution in [0.2, 0.25) is 10.2 Å². The van der Waals surface area contributed by atoms with Gasteiger partial charge in [0.05, 0.1) is 10.7 Å². The predicted molar refractivity (Wildman–Crippen MR) is 96.7 cm³/mol. The van der Waals surface area contributed by atoms with E-state index in [-0.39, 0.29) is 0 Å². The standard InChI is InChI=1S/C18H17Cl2N3/c19-15-10-13-11-16(21-18(13)22-17(15)20)12-4-6-14(7-5-12)23-8-2-1-3-9-23/h4-7,10H,1-3,8-9,11H2. The number of hydrogen-bond donors (Lipinski definition) is 0. The van der Waals surface area contributed by atoms with Crippen LogP contribution in [0.5, 0.6) is 0 Å². The normalized spacial score (nSPS) is 17.1. The lowest BCUT2D eigenvalue weighted by Crippen LogP contribution is -2.29. The average Bonchev–Trinajstić information content (AvgIpc) is 2.99. The maximum Gasteiger partial charge on any atom is 0.157 e. The first-order valence-corrected chi connectivity index (χ1v) is 8.74. The molecule has 0 unspecified atom stereocenters. The maximum atomic E-state index is 6.04. The molecule has 0 N–H and O–H groups in total. The van der Waals surface area contributed by atoms with E-state index in [1.807, 2.05) is 6.07 Å². The Kier molecular flexibility index (Phi) is 4.00. The van der Waals surface area contributed by atoms with E-state index < -0.39 is 0 Å². The third-order valence-corrected chi connectivity index (χ3v) is 5.18. The molecule has 2 aromatic rings. The van der Waals surface area contributed by atoms with Gasteiger partial charge in [0.2, 0.25) is 0 Å². The van der Waals surface area contributed by atoms with Crippen molar-refractivity contribution >= 4 is 40.4 Å². The molecular formula is C18H17Cl2N3. The summed E-state index contributed by atoms with van der Waals surface area (Å²) in [4.78, 5) is 11.3. The highest BCUT2D eigenvalue weighted by Gasteiger charge is 2.19. The van der Waals surface area contributed by atoms with Gasteiger partial charge in [0.15, 0.2) is 5.82 Å². The molecule has 0 spiro atoms. The van der Waals surface area contributed by atoms with Crippen molar-refractivity contribution in [2.24, 2.45) is 4.99 Å². The van der Waals surface area contributed by atoms with E-state index in [1.54, 1.807) is 0 Å². The Labute approximate surface area is 146 Å². The lowest BCUT2D eigenvalue weighted by molar-refractivity contribution is 0.578. The molecular weight excluding hydrogens is 329 g/mol. The van der Waals surface area contributed by atoms with E-state index in [1.165, 1.54) is 24.9 Å². The van der Waals surface area contributed by atoms with E-state index >= 15 is 0 Å². The topological polar surface area (TPSA) is 28.5 Å². The molecule has 2 aliphatic heterocycles. The van der Waals surface area contributed by atoms with Crippen molar-refractivity contribution in [2.75, 3.05) is 18.0 Å². The first kappa shape index (κ1) is 15.0. The van der Waals surface area contributed by atoms with Crippen molar-refractivity contribution in [3.05, 3.63) is 51.6 Å². The van der Waals surface area contributed by atoms with Crippen LogP contribution in [0.4, 0.5) is 11.5 Å². The number of aromatic nitrogens is 1. The number of hydrogen-bond acceptors (Lipinski definition) is 3. The molecule has 2 aliphatic rings. The van der Waals surface area contributed by atoms with Crippen LogP contribution in [-0.4, -0.2) is 23.8 Å². The molecule has 0 amide bonds. The molecule has 3 nitrogen and oxygen atoms in total. The largest absolute Gasteiger partial charge is 0.372 e.